The van der Waals surface area contributed by atoms with Crippen molar-refractivity contribution in [2.24, 2.45) is 0 Å². The van der Waals surface area contributed by atoms with Gasteiger partial charge in [0.25, 0.3) is 0 Å². The van der Waals surface area contributed by atoms with Crippen molar-refractivity contribution < 1.29 is 38.1 Å². The van der Waals surface area contributed by atoms with E-state index in [1.54, 1.807) is 76.2 Å². The van der Waals surface area contributed by atoms with Crippen molar-refractivity contribution in [2.45, 2.75) is 34.6 Å². The van der Waals surface area contributed by atoms with Crippen molar-refractivity contribution in [3.63, 3.8) is 0 Å². The van der Waals surface area contributed by atoms with Crippen LogP contribution in [0.3, 0.4) is 0 Å². The molecule has 0 aliphatic rings. The molecule has 1 aromatic heterocycles. The highest BCUT2D eigenvalue weighted by atomic mass is 16.5. The van der Waals surface area contributed by atoms with Gasteiger partial charge < -0.3 is 18.9 Å². The van der Waals surface area contributed by atoms with E-state index < -0.39 is 23.9 Å². The first kappa shape index (κ1) is 39.7. The number of nitrogens with zero attached hydrogens (tertiary/aromatic N) is 2. The first-order valence-electron chi connectivity index (χ1n) is 18.8. The Morgan fingerprint density at radius 3 is 1.56 bits per heavy atom. The van der Waals surface area contributed by atoms with E-state index in [9.17, 15) is 19.2 Å². The van der Waals surface area contributed by atoms with Crippen LogP contribution in [0.2, 0.25) is 0 Å². The molecule has 0 atom stereocenters. The Hall–Kier alpha value is -6.94. The van der Waals surface area contributed by atoms with Crippen molar-refractivity contribution in [1.29, 1.82) is 0 Å². The van der Waals surface area contributed by atoms with Gasteiger partial charge in [-0.05, 0) is 123 Å². The third-order valence-corrected chi connectivity index (χ3v) is 9.19. The maximum atomic E-state index is 13.3. The number of aromatic nitrogens is 2. The molecule has 6 rings (SSSR count). The first-order chi connectivity index (χ1) is 27.7. The van der Waals surface area contributed by atoms with Gasteiger partial charge in [-0.2, -0.15) is 0 Å². The SMILES string of the molecule is CCOC(=O)c1ccc(/C=C(\c2ccc(C(=O)OCC)cc2)c2cc(C(=O)OCC)ccc2-c2nnc3c(C)cccc3c2-c2ccc(C(=O)OCC)cc2)cc1. The number of benzene rings is 5. The normalized spacial score (nSPS) is 11.2. The molecule has 0 radical (unpaired) electrons. The maximum absolute atomic E-state index is 13.3. The van der Waals surface area contributed by atoms with Crippen LogP contribution in [-0.4, -0.2) is 60.5 Å². The summed E-state index contributed by atoms with van der Waals surface area (Å²) in [5, 5.41) is 10.4. The topological polar surface area (TPSA) is 131 Å². The second kappa shape index (κ2) is 18.1. The fourth-order valence-corrected chi connectivity index (χ4v) is 6.47. The van der Waals surface area contributed by atoms with Crippen molar-refractivity contribution >= 4 is 46.4 Å². The molecule has 10 heteroatoms. The Labute approximate surface area is 331 Å². The van der Waals surface area contributed by atoms with Gasteiger partial charge in [0, 0.05) is 16.5 Å². The Balaban J connectivity index is 1.64. The molecule has 288 valence electrons. The van der Waals surface area contributed by atoms with E-state index in [1.165, 1.54) is 0 Å². The Kier molecular flexibility index (Phi) is 12.6. The molecule has 0 bridgehead atoms. The summed E-state index contributed by atoms with van der Waals surface area (Å²) in [6, 6.07) is 32.4. The Bertz CT molecular complexity index is 2470. The minimum absolute atomic E-state index is 0.183. The average Bonchev–Trinajstić information content (AvgIpc) is 3.23. The molecule has 0 saturated carbocycles. The van der Waals surface area contributed by atoms with Crippen LogP contribution in [0.15, 0.2) is 109 Å². The molecule has 10 nitrogen and oxygen atoms in total. The molecular weight excluding hydrogens is 721 g/mol. The summed E-state index contributed by atoms with van der Waals surface area (Å²) < 4.78 is 21.1. The zero-order chi connectivity index (χ0) is 40.5. The van der Waals surface area contributed by atoms with E-state index in [1.807, 2.05) is 73.7 Å². The summed E-state index contributed by atoms with van der Waals surface area (Å²) in [6.07, 6.45) is 1.94. The summed E-state index contributed by atoms with van der Waals surface area (Å²) in [5.74, 6) is -1.81. The number of rotatable bonds is 13. The molecule has 1 heterocycles. The van der Waals surface area contributed by atoms with E-state index in [-0.39, 0.29) is 26.4 Å². The van der Waals surface area contributed by atoms with Crippen LogP contribution in [0.5, 0.6) is 0 Å². The fourth-order valence-electron chi connectivity index (χ4n) is 6.47. The van der Waals surface area contributed by atoms with E-state index in [4.69, 9.17) is 29.1 Å². The molecule has 0 N–H and O–H groups in total. The summed E-state index contributed by atoms with van der Waals surface area (Å²) in [4.78, 5) is 51.1. The van der Waals surface area contributed by atoms with Crippen LogP contribution in [0.1, 0.15) is 91.4 Å². The summed E-state index contributed by atoms with van der Waals surface area (Å²) in [7, 11) is 0. The molecule has 0 amide bonds. The molecule has 0 fully saturated rings. The zero-order valence-electron chi connectivity index (χ0n) is 32.5. The van der Waals surface area contributed by atoms with E-state index in [0.29, 0.717) is 55.7 Å². The van der Waals surface area contributed by atoms with Gasteiger partial charge in [-0.3, -0.25) is 0 Å². The maximum Gasteiger partial charge on any atom is 0.338 e. The lowest BCUT2D eigenvalue weighted by Gasteiger charge is -2.19. The molecule has 0 unspecified atom stereocenters. The van der Waals surface area contributed by atoms with Gasteiger partial charge in [0.1, 0.15) is 5.69 Å². The Morgan fingerprint density at radius 2 is 1.02 bits per heavy atom. The quantitative estimate of drug-likeness (QED) is 0.0637. The van der Waals surface area contributed by atoms with Gasteiger partial charge in [-0.15, -0.1) is 10.2 Å². The van der Waals surface area contributed by atoms with Crippen LogP contribution in [0, 0.1) is 6.92 Å². The van der Waals surface area contributed by atoms with Crippen molar-refractivity contribution in [2.75, 3.05) is 26.4 Å². The van der Waals surface area contributed by atoms with Gasteiger partial charge >= 0.3 is 23.9 Å². The minimum atomic E-state index is -0.504. The third kappa shape index (κ3) is 8.81. The number of fused-ring (bicyclic) bond motifs is 1. The standard InChI is InChI=1S/C47H42N2O8/c1-6-54-44(50)33-15-13-30(14-16-33)27-39(31-17-21-34(22-18-31)45(51)55-7-2)40-28-36(47(53)57-9-4)25-26-37(40)43-41(38-12-10-11-29(5)42(38)48-49-43)32-19-23-35(24-20-32)46(52)56-8-3/h10-28H,6-9H2,1-5H3/b39-27+. The average molecular weight is 763 g/mol. The van der Waals surface area contributed by atoms with Crippen LogP contribution in [0.25, 0.3) is 44.9 Å². The van der Waals surface area contributed by atoms with Crippen LogP contribution >= 0.6 is 0 Å². The molecular formula is C47H42N2O8. The van der Waals surface area contributed by atoms with Gasteiger partial charge in [0.15, 0.2) is 0 Å². The minimum Gasteiger partial charge on any atom is -0.462 e. The number of carbonyl (C=O) groups excluding carboxylic acids is 4. The van der Waals surface area contributed by atoms with Crippen molar-refractivity contribution in [1.82, 2.24) is 10.2 Å². The summed E-state index contributed by atoms with van der Waals surface area (Å²) >= 11 is 0. The predicted molar refractivity (Wildman–Crippen MR) is 219 cm³/mol. The third-order valence-electron chi connectivity index (χ3n) is 9.19. The van der Waals surface area contributed by atoms with Gasteiger partial charge in [-0.25, -0.2) is 19.2 Å². The molecule has 0 spiro atoms. The second-order valence-corrected chi connectivity index (χ2v) is 12.9. The highest BCUT2D eigenvalue weighted by Gasteiger charge is 2.23. The Morgan fingerprint density at radius 1 is 0.544 bits per heavy atom. The van der Waals surface area contributed by atoms with Crippen LogP contribution < -0.4 is 0 Å². The summed E-state index contributed by atoms with van der Waals surface area (Å²) in [6.45, 7) is 9.90. The molecule has 0 saturated heterocycles. The largest absolute Gasteiger partial charge is 0.462 e. The number of esters is 4. The predicted octanol–water partition coefficient (Wildman–Crippen LogP) is 9.57. The van der Waals surface area contributed by atoms with E-state index >= 15 is 0 Å². The lowest BCUT2D eigenvalue weighted by atomic mass is 9.86. The number of carbonyl (C=O) groups is 4. The number of hydrogen-bond acceptors (Lipinski definition) is 10. The van der Waals surface area contributed by atoms with E-state index in [2.05, 4.69) is 0 Å². The van der Waals surface area contributed by atoms with Gasteiger partial charge in [-0.1, -0.05) is 60.7 Å². The lowest BCUT2D eigenvalue weighted by molar-refractivity contribution is 0.0516. The smallest absolute Gasteiger partial charge is 0.338 e. The second-order valence-electron chi connectivity index (χ2n) is 12.9. The molecule has 5 aromatic carbocycles. The monoisotopic (exact) mass is 762 g/mol. The molecule has 0 aliphatic heterocycles. The molecule has 0 aliphatic carbocycles. The van der Waals surface area contributed by atoms with E-state index in [0.717, 1.165) is 27.6 Å². The molecule has 6 aromatic rings. The van der Waals surface area contributed by atoms with Crippen molar-refractivity contribution in [3.8, 4) is 22.4 Å². The van der Waals surface area contributed by atoms with Crippen molar-refractivity contribution in [3.05, 3.63) is 154 Å². The number of aryl methyl sites for hydroxylation is 1. The summed E-state index contributed by atoms with van der Waals surface area (Å²) in [5.41, 5.74) is 8.61. The van der Waals surface area contributed by atoms with Crippen LogP contribution in [-0.2, 0) is 18.9 Å². The zero-order valence-corrected chi connectivity index (χ0v) is 32.5. The van der Waals surface area contributed by atoms with Gasteiger partial charge in [0.2, 0.25) is 0 Å². The highest BCUT2D eigenvalue weighted by molar-refractivity contribution is 6.06. The van der Waals surface area contributed by atoms with Crippen LogP contribution in [0.4, 0.5) is 0 Å². The molecule has 57 heavy (non-hydrogen) atoms. The number of ether oxygens (including phenoxy) is 4. The highest BCUT2D eigenvalue weighted by Crippen LogP contribution is 2.41. The lowest BCUT2D eigenvalue weighted by Crippen LogP contribution is -2.07. The number of hydrogen-bond donors (Lipinski definition) is 0. The first-order valence-corrected chi connectivity index (χ1v) is 18.8. The fraction of sp³-hybridized carbons (Fsp3) is 0.191. The van der Waals surface area contributed by atoms with Gasteiger partial charge in [0.05, 0.1) is 54.2 Å².